The van der Waals surface area contributed by atoms with E-state index in [2.05, 4.69) is 14.5 Å². The van der Waals surface area contributed by atoms with Crippen molar-refractivity contribution in [1.29, 1.82) is 0 Å². The minimum atomic E-state index is -0.189. The van der Waals surface area contributed by atoms with E-state index in [4.69, 9.17) is 40.5 Å². The van der Waals surface area contributed by atoms with Crippen LogP contribution in [0.1, 0.15) is 24.2 Å². The molecule has 2 aromatic heterocycles. The molecule has 1 atom stereocenters. The molecule has 0 radical (unpaired) electrons. The van der Waals surface area contributed by atoms with Crippen molar-refractivity contribution in [2.24, 2.45) is 5.73 Å². The number of nitrogens with zero attached hydrogens (tertiary/aromatic N) is 2. The molecule has 4 rings (SSSR count). The number of aromatic amines is 1. The molecule has 28 heavy (non-hydrogen) atoms. The van der Waals surface area contributed by atoms with E-state index in [1.54, 1.807) is 6.07 Å². The van der Waals surface area contributed by atoms with Gasteiger partial charge in [0.2, 0.25) is 0 Å². The van der Waals surface area contributed by atoms with Gasteiger partial charge < -0.3 is 15.3 Å². The number of hydrogen-bond acceptors (Lipinski definition) is 2. The second kappa shape index (κ2) is 7.80. The summed E-state index contributed by atoms with van der Waals surface area (Å²) in [5, 5.41) is 3.05. The van der Waals surface area contributed by atoms with Gasteiger partial charge in [-0.3, -0.25) is 0 Å². The zero-order valence-corrected chi connectivity index (χ0v) is 17.5. The fourth-order valence-electron chi connectivity index (χ4n) is 3.54. The van der Waals surface area contributed by atoms with Crippen LogP contribution in [0.4, 0.5) is 0 Å². The lowest BCUT2D eigenvalue weighted by Crippen LogP contribution is -2.14. The van der Waals surface area contributed by atoms with E-state index in [0.29, 0.717) is 10.0 Å². The highest BCUT2D eigenvalue weighted by Crippen LogP contribution is 2.33. The van der Waals surface area contributed by atoms with Crippen molar-refractivity contribution >= 4 is 45.7 Å². The summed E-state index contributed by atoms with van der Waals surface area (Å²) in [6.07, 6.45) is 4.69. The Kier molecular flexibility index (Phi) is 5.39. The molecular formula is C21H19Cl3N4. The van der Waals surface area contributed by atoms with Gasteiger partial charge in [-0.1, -0.05) is 40.9 Å². The summed E-state index contributed by atoms with van der Waals surface area (Å²) in [6, 6.07) is 11.1. The maximum atomic E-state index is 6.40. The van der Waals surface area contributed by atoms with E-state index in [1.807, 2.05) is 49.8 Å². The lowest BCUT2D eigenvalue weighted by atomic mass is 10.1. The molecule has 3 N–H and O–H groups in total. The van der Waals surface area contributed by atoms with Crippen molar-refractivity contribution in [3.05, 3.63) is 75.2 Å². The molecule has 0 aliphatic rings. The van der Waals surface area contributed by atoms with E-state index >= 15 is 0 Å². The number of H-pyrrole nitrogens is 1. The topological polar surface area (TPSA) is 59.6 Å². The van der Waals surface area contributed by atoms with E-state index in [9.17, 15) is 0 Å². The molecule has 0 spiro atoms. The molecule has 4 nitrogen and oxygen atoms in total. The van der Waals surface area contributed by atoms with Crippen molar-refractivity contribution in [3.8, 4) is 11.3 Å². The van der Waals surface area contributed by atoms with Crippen LogP contribution in [0.2, 0.25) is 15.1 Å². The van der Waals surface area contributed by atoms with Crippen LogP contribution in [-0.4, -0.2) is 14.5 Å². The number of hydrogen-bond donors (Lipinski definition) is 2. The van der Waals surface area contributed by atoms with Gasteiger partial charge in [0.1, 0.15) is 0 Å². The number of fused-ring (bicyclic) bond motifs is 1. The molecule has 0 amide bonds. The molecule has 0 saturated heterocycles. The Labute approximate surface area is 178 Å². The van der Waals surface area contributed by atoms with Crippen molar-refractivity contribution in [2.45, 2.75) is 25.9 Å². The fourth-order valence-corrected chi connectivity index (χ4v) is 4.21. The normalized spacial score (nSPS) is 12.6. The van der Waals surface area contributed by atoms with Gasteiger partial charge in [0, 0.05) is 45.3 Å². The Morgan fingerprint density at radius 1 is 1.11 bits per heavy atom. The van der Waals surface area contributed by atoms with Gasteiger partial charge in [-0.25, -0.2) is 4.98 Å². The highest BCUT2D eigenvalue weighted by molar-refractivity contribution is 6.36. The Morgan fingerprint density at radius 2 is 1.86 bits per heavy atom. The molecule has 0 aliphatic carbocycles. The molecule has 0 saturated carbocycles. The first-order valence-corrected chi connectivity index (χ1v) is 10.1. The summed E-state index contributed by atoms with van der Waals surface area (Å²) in [6.45, 7) is 2.71. The summed E-state index contributed by atoms with van der Waals surface area (Å²) in [5.74, 6) is 0. The van der Waals surface area contributed by atoms with Crippen LogP contribution in [-0.2, 0) is 13.0 Å². The van der Waals surface area contributed by atoms with Crippen molar-refractivity contribution in [3.63, 3.8) is 0 Å². The molecule has 2 heterocycles. The Balaban J connectivity index is 1.65. The van der Waals surface area contributed by atoms with Crippen LogP contribution < -0.4 is 5.73 Å². The molecule has 144 valence electrons. The number of aryl methyl sites for hydroxylation is 2. The number of imidazole rings is 1. The lowest BCUT2D eigenvalue weighted by Gasteiger charge is -2.14. The summed E-state index contributed by atoms with van der Waals surface area (Å²) < 4.78 is 2.10. The number of halogens is 3. The molecule has 0 bridgehead atoms. The highest BCUT2D eigenvalue weighted by Gasteiger charge is 2.19. The van der Waals surface area contributed by atoms with Crippen LogP contribution in [0.25, 0.3) is 22.2 Å². The van der Waals surface area contributed by atoms with Gasteiger partial charge in [-0.05, 0) is 49.2 Å². The second-order valence-corrected chi connectivity index (χ2v) is 8.12. The molecule has 1 unspecified atom stereocenters. The van der Waals surface area contributed by atoms with E-state index in [1.165, 1.54) is 10.9 Å². The SMILES string of the molecule is CC(N)c1c(-c2ccc(Cl)cc2Cl)ncn1CCc1c[nH]c2cc(Cl)ccc12. The zero-order valence-electron chi connectivity index (χ0n) is 15.2. The Morgan fingerprint density at radius 3 is 2.61 bits per heavy atom. The fraction of sp³-hybridized carbons (Fsp3) is 0.190. The van der Waals surface area contributed by atoms with Crippen LogP contribution in [0.15, 0.2) is 48.9 Å². The number of nitrogens with two attached hydrogens (primary N) is 1. The van der Waals surface area contributed by atoms with Crippen LogP contribution >= 0.6 is 34.8 Å². The summed E-state index contributed by atoms with van der Waals surface area (Å²) in [7, 11) is 0. The second-order valence-electron chi connectivity index (χ2n) is 6.84. The smallest absolute Gasteiger partial charge is 0.0956 e. The van der Waals surface area contributed by atoms with E-state index < -0.39 is 0 Å². The highest BCUT2D eigenvalue weighted by atomic mass is 35.5. The first-order valence-electron chi connectivity index (χ1n) is 8.95. The van der Waals surface area contributed by atoms with Gasteiger partial charge in [0.25, 0.3) is 0 Å². The van der Waals surface area contributed by atoms with Crippen molar-refractivity contribution in [2.75, 3.05) is 0 Å². The van der Waals surface area contributed by atoms with Gasteiger partial charge >= 0.3 is 0 Å². The predicted molar refractivity (Wildman–Crippen MR) is 117 cm³/mol. The van der Waals surface area contributed by atoms with E-state index in [-0.39, 0.29) is 6.04 Å². The first-order chi connectivity index (χ1) is 13.4. The van der Waals surface area contributed by atoms with Gasteiger partial charge in [0.15, 0.2) is 0 Å². The molecule has 0 aliphatic heterocycles. The number of rotatable bonds is 5. The molecular weight excluding hydrogens is 415 g/mol. The molecule has 0 fully saturated rings. The Hall–Kier alpha value is -1.98. The first kappa shape index (κ1) is 19.3. The quantitative estimate of drug-likeness (QED) is 0.390. The summed E-state index contributed by atoms with van der Waals surface area (Å²) in [5.41, 5.74) is 11.1. The van der Waals surface area contributed by atoms with Gasteiger partial charge in [-0.15, -0.1) is 0 Å². The third kappa shape index (κ3) is 3.65. The number of aromatic nitrogens is 3. The van der Waals surface area contributed by atoms with Gasteiger partial charge in [-0.2, -0.15) is 0 Å². The summed E-state index contributed by atoms with van der Waals surface area (Å²) in [4.78, 5) is 7.88. The number of benzene rings is 2. The lowest BCUT2D eigenvalue weighted by molar-refractivity contribution is 0.626. The maximum absolute atomic E-state index is 6.40. The third-order valence-electron chi connectivity index (χ3n) is 4.85. The van der Waals surface area contributed by atoms with Crippen LogP contribution in [0, 0.1) is 0 Å². The molecule has 2 aromatic carbocycles. The largest absolute Gasteiger partial charge is 0.361 e. The van der Waals surface area contributed by atoms with Crippen molar-refractivity contribution < 1.29 is 0 Å². The van der Waals surface area contributed by atoms with E-state index in [0.717, 1.165) is 40.5 Å². The third-order valence-corrected chi connectivity index (χ3v) is 5.63. The zero-order chi connectivity index (χ0) is 19.8. The minimum Gasteiger partial charge on any atom is -0.361 e. The standard InChI is InChI=1S/C21H19Cl3N4/c1-12(25)21-20(17-5-3-14(22)8-18(17)24)27-11-28(21)7-6-13-10-26-19-9-15(23)2-4-16(13)19/h2-5,8-12,26H,6-7,25H2,1H3. The van der Waals surface area contributed by atoms with Gasteiger partial charge in [0.05, 0.1) is 22.7 Å². The maximum Gasteiger partial charge on any atom is 0.0956 e. The average Bonchev–Trinajstić information content (AvgIpc) is 3.23. The molecule has 7 heteroatoms. The molecule has 4 aromatic rings. The predicted octanol–water partition coefficient (Wildman–Crippen LogP) is 6.25. The number of nitrogens with one attached hydrogen (secondary N) is 1. The minimum absolute atomic E-state index is 0.189. The van der Waals surface area contributed by atoms with Crippen molar-refractivity contribution in [1.82, 2.24) is 14.5 Å². The Bertz CT molecular complexity index is 1140. The van der Waals surface area contributed by atoms with Crippen LogP contribution in [0.3, 0.4) is 0 Å². The monoisotopic (exact) mass is 432 g/mol. The van der Waals surface area contributed by atoms with Crippen LogP contribution in [0.5, 0.6) is 0 Å². The summed E-state index contributed by atoms with van der Waals surface area (Å²) >= 11 is 18.5. The average molecular weight is 434 g/mol.